The van der Waals surface area contributed by atoms with Gasteiger partial charge in [0.1, 0.15) is 5.01 Å². The van der Waals surface area contributed by atoms with Crippen LogP contribution in [0.1, 0.15) is 10.6 Å². The molecule has 2 aromatic heterocycles. The molecule has 4 heteroatoms. The molecule has 0 amide bonds. The quantitative estimate of drug-likeness (QED) is 0.483. The zero-order valence-corrected chi connectivity index (χ0v) is 12.8. The summed E-state index contributed by atoms with van der Waals surface area (Å²) in [5, 5.41) is 2.18. The van der Waals surface area contributed by atoms with E-state index in [4.69, 9.17) is 4.98 Å². The summed E-state index contributed by atoms with van der Waals surface area (Å²) in [6.45, 7) is 4.16. The average Bonchev–Trinajstić information content (AvgIpc) is 3.00. The molecule has 2 nitrogen and oxygen atoms in total. The van der Waals surface area contributed by atoms with Crippen molar-refractivity contribution in [1.82, 2.24) is 9.97 Å². The van der Waals surface area contributed by atoms with E-state index in [-0.39, 0.29) is 0 Å². The number of benzene rings is 2. The lowest BCUT2D eigenvalue weighted by atomic mass is 10.2. The first-order valence-corrected chi connectivity index (χ1v) is 8.08. The highest BCUT2D eigenvalue weighted by Crippen LogP contribution is 2.33. The number of thiazole rings is 2. The number of nitrogens with zero attached hydrogens (tertiary/aromatic N) is 2. The van der Waals surface area contributed by atoms with E-state index < -0.39 is 0 Å². The third-order valence-corrected chi connectivity index (χ3v) is 5.38. The smallest absolute Gasteiger partial charge is 0.124 e. The van der Waals surface area contributed by atoms with Crippen molar-refractivity contribution in [3.8, 4) is 10.6 Å². The second kappa shape index (κ2) is 4.36. The van der Waals surface area contributed by atoms with Crippen molar-refractivity contribution in [3.05, 3.63) is 47.0 Å². The van der Waals surface area contributed by atoms with Gasteiger partial charge in [0.2, 0.25) is 0 Å². The van der Waals surface area contributed by atoms with Crippen LogP contribution in [0.4, 0.5) is 0 Å². The van der Waals surface area contributed by atoms with Crippen LogP contribution in [0.5, 0.6) is 0 Å². The van der Waals surface area contributed by atoms with Crippen molar-refractivity contribution >= 4 is 43.1 Å². The summed E-state index contributed by atoms with van der Waals surface area (Å²) in [5.41, 5.74) is 4.57. The molecule has 0 fully saturated rings. The van der Waals surface area contributed by atoms with E-state index in [2.05, 4.69) is 48.3 Å². The summed E-state index contributed by atoms with van der Waals surface area (Å²) in [7, 11) is 0. The van der Waals surface area contributed by atoms with Gasteiger partial charge in [0.15, 0.2) is 0 Å². The van der Waals surface area contributed by atoms with Crippen LogP contribution in [0, 0.1) is 13.8 Å². The lowest BCUT2D eigenvalue weighted by Crippen LogP contribution is -1.78. The molecule has 0 unspecified atom stereocenters. The van der Waals surface area contributed by atoms with Crippen LogP contribution >= 0.6 is 22.7 Å². The molecule has 20 heavy (non-hydrogen) atoms. The molecule has 98 valence electrons. The van der Waals surface area contributed by atoms with E-state index in [0.29, 0.717) is 0 Å². The third kappa shape index (κ3) is 1.84. The Labute approximate surface area is 124 Å². The van der Waals surface area contributed by atoms with Gasteiger partial charge in [-0.15, -0.1) is 22.7 Å². The van der Waals surface area contributed by atoms with E-state index in [1.165, 1.54) is 15.0 Å². The van der Waals surface area contributed by atoms with Crippen LogP contribution in [0.2, 0.25) is 0 Å². The Morgan fingerprint density at radius 1 is 0.900 bits per heavy atom. The van der Waals surface area contributed by atoms with Crippen LogP contribution in [0.3, 0.4) is 0 Å². The summed E-state index contributed by atoms with van der Waals surface area (Å²) >= 11 is 3.48. The molecule has 0 atom stereocenters. The fraction of sp³-hybridized carbons (Fsp3) is 0.125. The molecular weight excluding hydrogens is 284 g/mol. The van der Waals surface area contributed by atoms with Crippen molar-refractivity contribution in [2.45, 2.75) is 13.8 Å². The van der Waals surface area contributed by atoms with Crippen molar-refractivity contribution in [3.63, 3.8) is 0 Å². The highest BCUT2D eigenvalue weighted by atomic mass is 32.1. The van der Waals surface area contributed by atoms with Crippen LogP contribution in [-0.2, 0) is 0 Å². The molecule has 0 N–H and O–H groups in total. The fourth-order valence-electron chi connectivity index (χ4n) is 2.39. The molecule has 2 aromatic carbocycles. The maximum Gasteiger partial charge on any atom is 0.124 e. The number of rotatable bonds is 1. The predicted molar refractivity (Wildman–Crippen MR) is 87.7 cm³/mol. The zero-order chi connectivity index (χ0) is 13.7. The van der Waals surface area contributed by atoms with Crippen LogP contribution < -0.4 is 0 Å². The Bertz CT molecular complexity index is 934. The second-order valence-electron chi connectivity index (χ2n) is 4.86. The lowest BCUT2D eigenvalue weighted by molar-refractivity contribution is 1.34. The van der Waals surface area contributed by atoms with Crippen LogP contribution in [-0.4, -0.2) is 9.97 Å². The van der Waals surface area contributed by atoms with Crippen LogP contribution in [0.25, 0.3) is 31.0 Å². The van der Waals surface area contributed by atoms with Gasteiger partial charge in [-0.3, -0.25) is 0 Å². The molecule has 2 heterocycles. The number of aryl methyl sites for hydroxylation is 2. The molecule has 0 aliphatic heterocycles. The van der Waals surface area contributed by atoms with Gasteiger partial charge in [-0.25, -0.2) is 9.97 Å². The Morgan fingerprint density at radius 3 is 2.65 bits per heavy atom. The fourth-order valence-corrected chi connectivity index (χ4v) is 4.23. The Kier molecular flexibility index (Phi) is 2.62. The maximum atomic E-state index is 4.79. The van der Waals surface area contributed by atoms with Crippen molar-refractivity contribution in [1.29, 1.82) is 0 Å². The van der Waals surface area contributed by atoms with Crippen molar-refractivity contribution in [2.24, 2.45) is 0 Å². The largest absolute Gasteiger partial charge is 0.241 e. The van der Waals surface area contributed by atoms with Gasteiger partial charge < -0.3 is 0 Å². The van der Waals surface area contributed by atoms with Gasteiger partial charge in [-0.05, 0) is 37.6 Å². The molecule has 0 radical (unpaired) electrons. The number of fused-ring (bicyclic) bond motifs is 2. The summed E-state index contributed by atoms with van der Waals surface area (Å²) in [6, 6.07) is 12.8. The summed E-state index contributed by atoms with van der Waals surface area (Å²) in [4.78, 5) is 9.36. The first-order valence-electron chi connectivity index (χ1n) is 6.44. The highest BCUT2D eigenvalue weighted by Gasteiger charge is 2.09. The molecule has 0 bridgehead atoms. The van der Waals surface area contributed by atoms with Gasteiger partial charge in [-0.2, -0.15) is 0 Å². The lowest BCUT2D eigenvalue weighted by Gasteiger charge is -1.95. The number of para-hydroxylation sites is 1. The minimum atomic E-state index is 1.07. The summed E-state index contributed by atoms with van der Waals surface area (Å²) in [6.07, 6.45) is 0. The standard InChI is InChI=1S/C16H12N2S2/c1-9-4-3-5-14-15(9)18-16(20-14)11-6-7-13-12(8-11)17-10(2)19-13/h3-8H,1-2H3. The molecule has 0 spiro atoms. The minimum Gasteiger partial charge on any atom is -0.241 e. The SMILES string of the molecule is Cc1nc2cc(-c3nc4c(C)cccc4s3)ccc2s1. The van der Waals surface area contributed by atoms with E-state index in [1.807, 2.05) is 6.92 Å². The van der Waals surface area contributed by atoms with Crippen molar-refractivity contribution < 1.29 is 0 Å². The van der Waals surface area contributed by atoms with Gasteiger partial charge in [0.05, 0.1) is 25.4 Å². The Hall–Kier alpha value is -1.78. The molecule has 0 aliphatic rings. The van der Waals surface area contributed by atoms with Gasteiger partial charge in [0.25, 0.3) is 0 Å². The Morgan fingerprint density at radius 2 is 1.80 bits per heavy atom. The highest BCUT2D eigenvalue weighted by molar-refractivity contribution is 7.21. The number of hydrogen-bond donors (Lipinski definition) is 0. The second-order valence-corrected chi connectivity index (χ2v) is 7.12. The van der Waals surface area contributed by atoms with Crippen molar-refractivity contribution in [2.75, 3.05) is 0 Å². The summed E-state index contributed by atoms with van der Waals surface area (Å²) in [5.74, 6) is 0. The minimum absolute atomic E-state index is 1.07. The predicted octanol–water partition coefficient (Wildman–Crippen LogP) is 5.19. The number of aromatic nitrogens is 2. The van der Waals surface area contributed by atoms with Gasteiger partial charge >= 0.3 is 0 Å². The van der Waals surface area contributed by atoms with Crippen LogP contribution in [0.15, 0.2) is 36.4 Å². The average molecular weight is 296 g/mol. The maximum absolute atomic E-state index is 4.79. The summed E-state index contributed by atoms with van der Waals surface area (Å²) < 4.78 is 2.48. The molecule has 0 saturated carbocycles. The van der Waals surface area contributed by atoms with E-state index in [1.54, 1.807) is 22.7 Å². The third-order valence-electron chi connectivity index (χ3n) is 3.36. The first-order chi connectivity index (χ1) is 9.70. The van der Waals surface area contributed by atoms with E-state index in [0.717, 1.165) is 26.6 Å². The van der Waals surface area contributed by atoms with E-state index >= 15 is 0 Å². The van der Waals surface area contributed by atoms with Gasteiger partial charge in [0, 0.05) is 5.56 Å². The van der Waals surface area contributed by atoms with Gasteiger partial charge in [-0.1, -0.05) is 18.2 Å². The number of hydrogen-bond acceptors (Lipinski definition) is 4. The monoisotopic (exact) mass is 296 g/mol. The molecule has 4 aromatic rings. The molecule has 4 rings (SSSR count). The topological polar surface area (TPSA) is 25.8 Å². The first kappa shape index (κ1) is 12.0. The molecular formula is C16H12N2S2. The molecule has 0 aliphatic carbocycles. The normalized spacial score (nSPS) is 11.5. The zero-order valence-electron chi connectivity index (χ0n) is 11.2. The Balaban J connectivity index is 1.93. The van der Waals surface area contributed by atoms with E-state index in [9.17, 15) is 0 Å². The molecule has 0 saturated heterocycles.